The molecule has 0 bridgehead atoms. The second-order valence-electron chi connectivity index (χ2n) is 6.28. The number of anilines is 1. The van der Waals surface area contributed by atoms with Gasteiger partial charge in [-0.05, 0) is 30.7 Å². The van der Waals surface area contributed by atoms with Crippen LogP contribution in [0, 0.1) is 17.0 Å². The maximum Gasteiger partial charge on any atom is 0.433 e. The highest BCUT2D eigenvalue weighted by Crippen LogP contribution is 2.30. The van der Waals surface area contributed by atoms with Gasteiger partial charge in [0.1, 0.15) is 4.92 Å². The van der Waals surface area contributed by atoms with Gasteiger partial charge in [-0.3, -0.25) is 19.8 Å². The molecule has 0 spiro atoms. The van der Waals surface area contributed by atoms with E-state index in [0.717, 1.165) is 15.8 Å². The molecule has 0 unspecified atom stereocenters. The van der Waals surface area contributed by atoms with Crippen molar-refractivity contribution >= 4 is 38.5 Å². The first kappa shape index (κ1) is 18.0. The van der Waals surface area contributed by atoms with E-state index in [1.54, 1.807) is 0 Å². The summed E-state index contributed by atoms with van der Waals surface area (Å²) in [5, 5.41) is 11.4. The Hall–Kier alpha value is -2.78. The van der Waals surface area contributed by atoms with Crippen LogP contribution in [0.25, 0.3) is 10.2 Å². The molecule has 3 rings (SSSR count). The summed E-state index contributed by atoms with van der Waals surface area (Å²) >= 11 is 1.42. The topological polar surface area (TPSA) is 93.9 Å². The summed E-state index contributed by atoms with van der Waals surface area (Å²) in [5.41, 5.74) is 1.93. The molecular formula is C17H19N4O4S+. The number of benzene rings is 1. The molecule has 0 aliphatic carbocycles. The molecule has 0 radical (unpaired) electrons. The van der Waals surface area contributed by atoms with Gasteiger partial charge in [0.2, 0.25) is 0 Å². The molecule has 136 valence electrons. The SMILES string of the molecule is Cc1ccc2nc(N(CC[NH+](C)C)C(=O)c3ccc([N+](=O)[O-])o3)sc2c1. The van der Waals surface area contributed by atoms with Gasteiger partial charge >= 0.3 is 5.88 Å². The Morgan fingerprint density at radius 1 is 1.35 bits per heavy atom. The number of likely N-dealkylation sites (N-methyl/N-ethyl adjacent to an activating group) is 1. The minimum atomic E-state index is -0.661. The van der Waals surface area contributed by atoms with Gasteiger partial charge in [-0.1, -0.05) is 17.4 Å². The molecule has 1 aromatic carbocycles. The lowest BCUT2D eigenvalue weighted by atomic mass is 10.2. The number of furan rings is 1. The van der Waals surface area contributed by atoms with E-state index in [0.29, 0.717) is 18.2 Å². The van der Waals surface area contributed by atoms with Gasteiger partial charge in [0, 0.05) is 0 Å². The number of hydrogen-bond acceptors (Lipinski definition) is 6. The van der Waals surface area contributed by atoms with Gasteiger partial charge in [0.15, 0.2) is 10.9 Å². The van der Waals surface area contributed by atoms with E-state index in [2.05, 4.69) is 4.98 Å². The Kier molecular flexibility index (Phi) is 5.01. The number of hydrogen-bond donors (Lipinski definition) is 1. The molecule has 0 saturated carbocycles. The van der Waals surface area contributed by atoms with Crippen LogP contribution >= 0.6 is 11.3 Å². The van der Waals surface area contributed by atoms with Crippen molar-refractivity contribution < 1.29 is 19.0 Å². The number of carbonyl (C=O) groups excluding carboxylic acids is 1. The number of amides is 1. The molecule has 1 amide bonds. The zero-order chi connectivity index (χ0) is 18.8. The first-order valence-electron chi connectivity index (χ1n) is 8.07. The number of nitrogens with one attached hydrogen (secondary N) is 1. The second kappa shape index (κ2) is 7.22. The lowest BCUT2D eigenvalue weighted by Crippen LogP contribution is -3.06. The molecule has 0 aliphatic heterocycles. The number of quaternary nitrogens is 1. The summed E-state index contributed by atoms with van der Waals surface area (Å²) < 4.78 is 6.08. The average Bonchev–Trinajstić information content (AvgIpc) is 3.20. The molecule has 0 saturated heterocycles. The van der Waals surface area contributed by atoms with Crippen molar-refractivity contribution in [2.45, 2.75) is 6.92 Å². The zero-order valence-electron chi connectivity index (χ0n) is 14.7. The molecular weight excluding hydrogens is 356 g/mol. The Labute approximate surface area is 153 Å². The molecule has 8 nitrogen and oxygen atoms in total. The quantitative estimate of drug-likeness (QED) is 0.525. The number of fused-ring (bicyclic) bond motifs is 1. The lowest BCUT2D eigenvalue weighted by Gasteiger charge is -2.19. The summed E-state index contributed by atoms with van der Waals surface area (Å²) in [4.78, 5) is 30.3. The van der Waals surface area contributed by atoms with Crippen LogP contribution in [0.3, 0.4) is 0 Å². The standard InChI is InChI=1S/C17H18N4O4S/c1-11-4-5-12-14(10-11)26-17(18-12)20(9-8-19(2)3)16(22)13-6-7-15(25-13)21(23)24/h4-7,10H,8-9H2,1-3H3/p+1. The van der Waals surface area contributed by atoms with Gasteiger partial charge in [-0.15, -0.1) is 0 Å². The molecule has 1 N–H and O–H groups in total. The van der Waals surface area contributed by atoms with Crippen molar-refractivity contribution in [1.82, 2.24) is 4.98 Å². The first-order valence-corrected chi connectivity index (χ1v) is 8.89. The summed E-state index contributed by atoms with van der Waals surface area (Å²) in [6.45, 7) is 3.12. The van der Waals surface area contributed by atoms with Crippen molar-refractivity contribution in [1.29, 1.82) is 0 Å². The van der Waals surface area contributed by atoms with Gasteiger partial charge in [0.05, 0.1) is 43.5 Å². The molecule has 2 aromatic heterocycles. The lowest BCUT2D eigenvalue weighted by molar-refractivity contribution is -0.856. The maximum absolute atomic E-state index is 12.9. The van der Waals surface area contributed by atoms with Crippen molar-refractivity contribution in [3.8, 4) is 0 Å². The highest BCUT2D eigenvalue weighted by atomic mass is 32.1. The fraction of sp³-hybridized carbons (Fsp3) is 0.294. The fourth-order valence-electron chi connectivity index (χ4n) is 2.43. The zero-order valence-corrected chi connectivity index (χ0v) is 15.5. The van der Waals surface area contributed by atoms with E-state index in [9.17, 15) is 14.9 Å². The van der Waals surface area contributed by atoms with Gasteiger partial charge in [0.25, 0.3) is 5.91 Å². The minimum absolute atomic E-state index is 0.0686. The van der Waals surface area contributed by atoms with Crippen molar-refractivity contribution in [3.63, 3.8) is 0 Å². The van der Waals surface area contributed by atoms with E-state index in [1.807, 2.05) is 39.2 Å². The highest BCUT2D eigenvalue weighted by Gasteiger charge is 2.26. The van der Waals surface area contributed by atoms with Crippen LogP contribution in [0.5, 0.6) is 0 Å². The number of carbonyl (C=O) groups is 1. The van der Waals surface area contributed by atoms with Crippen molar-refractivity contribution in [2.24, 2.45) is 0 Å². The van der Waals surface area contributed by atoms with E-state index in [-0.39, 0.29) is 5.76 Å². The Morgan fingerprint density at radius 2 is 2.12 bits per heavy atom. The van der Waals surface area contributed by atoms with Gasteiger partial charge in [-0.2, -0.15) is 0 Å². The predicted molar refractivity (Wildman–Crippen MR) is 99.1 cm³/mol. The van der Waals surface area contributed by atoms with Crippen LogP contribution in [-0.4, -0.2) is 43.0 Å². The average molecular weight is 375 g/mol. The molecule has 3 aromatic rings. The predicted octanol–water partition coefficient (Wildman–Crippen LogP) is 1.90. The summed E-state index contributed by atoms with van der Waals surface area (Å²) in [5.74, 6) is -0.956. The van der Waals surface area contributed by atoms with E-state index in [1.165, 1.54) is 33.3 Å². The van der Waals surface area contributed by atoms with Crippen LogP contribution in [0.4, 0.5) is 11.0 Å². The minimum Gasteiger partial charge on any atom is -0.395 e. The number of aryl methyl sites for hydroxylation is 1. The molecule has 0 atom stereocenters. The number of nitro groups is 1. The summed E-state index contributed by atoms with van der Waals surface area (Å²) in [7, 11) is 3.98. The molecule has 0 fully saturated rings. The third-order valence-electron chi connectivity index (χ3n) is 3.83. The largest absolute Gasteiger partial charge is 0.433 e. The van der Waals surface area contributed by atoms with Gasteiger partial charge in [-0.25, -0.2) is 4.98 Å². The van der Waals surface area contributed by atoms with E-state index >= 15 is 0 Å². The van der Waals surface area contributed by atoms with Crippen molar-refractivity contribution in [2.75, 3.05) is 32.1 Å². The maximum atomic E-state index is 12.9. The van der Waals surface area contributed by atoms with E-state index < -0.39 is 16.7 Å². The third-order valence-corrected chi connectivity index (χ3v) is 4.87. The summed E-state index contributed by atoms with van der Waals surface area (Å²) in [6, 6.07) is 8.42. The van der Waals surface area contributed by atoms with Crippen LogP contribution in [0.15, 0.2) is 34.7 Å². The molecule has 2 heterocycles. The van der Waals surface area contributed by atoms with Gasteiger partial charge < -0.3 is 9.32 Å². The number of thiazole rings is 1. The van der Waals surface area contributed by atoms with Crippen LogP contribution in [0.1, 0.15) is 16.1 Å². The first-order chi connectivity index (χ1) is 12.3. The summed E-state index contributed by atoms with van der Waals surface area (Å²) in [6.07, 6.45) is 0. The van der Waals surface area contributed by atoms with Crippen LogP contribution in [-0.2, 0) is 0 Å². The van der Waals surface area contributed by atoms with Crippen molar-refractivity contribution in [3.05, 3.63) is 51.8 Å². The molecule has 0 aliphatic rings. The normalized spacial score (nSPS) is 11.2. The highest BCUT2D eigenvalue weighted by molar-refractivity contribution is 7.22. The Balaban J connectivity index is 1.97. The second-order valence-corrected chi connectivity index (χ2v) is 7.29. The monoisotopic (exact) mass is 375 g/mol. The Morgan fingerprint density at radius 3 is 2.77 bits per heavy atom. The number of rotatable bonds is 6. The van der Waals surface area contributed by atoms with E-state index in [4.69, 9.17) is 4.42 Å². The number of nitrogens with zero attached hydrogens (tertiary/aromatic N) is 3. The van der Waals surface area contributed by atoms with Crippen LogP contribution in [0.2, 0.25) is 0 Å². The fourth-order valence-corrected chi connectivity index (χ4v) is 3.52. The third kappa shape index (κ3) is 3.73. The Bertz CT molecular complexity index is 963. The smallest absolute Gasteiger partial charge is 0.395 e. The molecule has 26 heavy (non-hydrogen) atoms. The molecule has 9 heteroatoms. The van der Waals surface area contributed by atoms with Crippen LogP contribution < -0.4 is 9.80 Å². The number of aromatic nitrogens is 1.